The van der Waals surface area contributed by atoms with E-state index in [1.807, 2.05) is 13.0 Å². The number of carbonyl (C=O) groups excluding carboxylic acids is 1. The molecule has 0 atom stereocenters. The normalized spacial score (nSPS) is 22.4. The van der Waals surface area contributed by atoms with E-state index in [0.717, 1.165) is 54.0 Å². The second-order valence-corrected chi connectivity index (χ2v) is 11.7. The van der Waals surface area contributed by atoms with E-state index >= 15 is 0 Å². The van der Waals surface area contributed by atoms with Crippen LogP contribution < -0.4 is 10.6 Å². The van der Waals surface area contributed by atoms with Crippen molar-refractivity contribution in [1.29, 1.82) is 0 Å². The summed E-state index contributed by atoms with van der Waals surface area (Å²) in [5.74, 6) is 0.129. The highest BCUT2D eigenvalue weighted by Crippen LogP contribution is 2.41. The van der Waals surface area contributed by atoms with Crippen molar-refractivity contribution in [2.45, 2.75) is 82.5 Å². The first-order chi connectivity index (χ1) is 18.6. The average molecular weight is 560 g/mol. The van der Waals surface area contributed by atoms with Gasteiger partial charge in [0.25, 0.3) is 0 Å². The summed E-state index contributed by atoms with van der Waals surface area (Å²) >= 11 is 1.40. The van der Waals surface area contributed by atoms with E-state index in [-0.39, 0.29) is 23.8 Å². The fourth-order valence-corrected chi connectivity index (χ4v) is 6.51. The number of alkyl halides is 3. The van der Waals surface area contributed by atoms with Crippen LogP contribution >= 0.6 is 11.3 Å². The summed E-state index contributed by atoms with van der Waals surface area (Å²) in [4.78, 5) is 25.5. The average Bonchev–Trinajstić information content (AvgIpc) is 3.42. The molecular formula is C28H32F3N5O2S. The van der Waals surface area contributed by atoms with Gasteiger partial charge < -0.3 is 15.7 Å². The third kappa shape index (κ3) is 6.58. The topological polar surface area (TPSA) is 100 Å². The lowest BCUT2D eigenvalue weighted by Gasteiger charge is -2.35. The van der Waals surface area contributed by atoms with Crippen molar-refractivity contribution in [3.05, 3.63) is 52.9 Å². The molecule has 2 aliphatic carbocycles. The van der Waals surface area contributed by atoms with Crippen LogP contribution in [-0.2, 0) is 16.6 Å². The minimum absolute atomic E-state index is 0.0719. The zero-order chi connectivity index (χ0) is 27.6. The molecule has 2 heterocycles. The van der Waals surface area contributed by atoms with Gasteiger partial charge in [-0.05, 0) is 74.8 Å². The molecule has 0 saturated heterocycles. The second kappa shape index (κ2) is 11.2. The number of thiazole rings is 1. The van der Waals surface area contributed by atoms with Gasteiger partial charge in [0.15, 0.2) is 0 Å². The molecule has 1 amide bonds. The van der Waals surface area contributed by atoms with Crippen LogP contribution in [0.5, 0.6) is 0 Å². The largest absolute Gasteiger partial charge is 0.433 e. The molecule has 39 heavy (non-hydrogen) atoms. The molecule has 11 heteroatoms. The van der Waals surface area contributed by atoms with Gasteiger partial charge in [0.1, 0.15) is 16.3 Å². The van der Waals surface area contributed by atoms with E-state index in [4.69, 9.17) is 0 Å². The molecule has 2 fully saturated rings. The van der Waals surface area contributed by atoms with Gasteiger partial charge in [-0.15, -0.1) is 11.3 Å². The summed E-state index contributed by atoms with van der Waals surface area (Å²) < 4.78 is 39.1. The molecule has 0 bridgehead atoms. The fraction of sp³-hybridized carbons (Fsp3) is 0.500. The monoisotopic (exact) mass is 559 g/mol. The predicted molar refractivity (Wildman–Crippen MR) is 143 cm³/mol. The molecule has 3 N–H and O–H groups in total. The van der Waals surface area contributed by atoms with Crippen LogP contribution in [-0.4, -0.2) is 32.0 Å². The molecule has 2 aromatic heterocycles. The Balaban J connectivity index is 1.25. The van der Waals surface area contributed by atoms with Crippen molar-refractivity contribution in [1.82, 2.24) is 20.3 Å². The standard InChI is InChI=1S/C28H32F3N5O2S/c1-17-13-19(15-21(14-17)35-26-32-12-9-23(36-26)28(29,30)31)22-16-33-25(39-22)27(38)10-7-20(8-11-27)34-24(37)18-5-3-2-4-6-18/h9,12-16,18,20,38H,2-8,10-11H2,1H3,(H,34,37)(H,32,35,36). The summed E-state index contributed by atoms with van der Waals surface area (Å²) in [6.07, 6.45) is 6.03. The van der Waals surface area contributed by atoms with Crippen molar-refractivity contribution in [2.75, 3.05) is 5.32 Å². The number of nitrogens with one attached hydrogen (secondary N) is 2. The highest BCUT2D eigenvalue weighted by atomic mass is 32.1. The second-order valence-electron chi connectivity index (χ2n) is 10.7. The number of aryl methyl sites for hydroxylation is 1. The van der Waals surface area contributed by atoms with E-state index in [0.29, 0.717) is 36.4 Å². The van der Waals surface area contributed by atoms with Crippen molar-refractivity contribution < 1.29 is 23.1 Å². The molecule has 0 unspecified atom stereocenters. The van der Waals surface area contributed by atoms with Crippen molar-refractivity contribution in [2.24, 2.45) is 5.92 Å². The van der Waals surface area contributed by atoms with Gasteiger partial charge >= 0.3 is 6.18 Å². The Kier molecular flexibility index (Phi) is 7.91. The molecule has 2 aliphatic rings. The Morgan fingerprint density at radius 3 is 2.54 bits per heavy atom. The molecule has 7 nitrogen and oxygen atoms in total. The Morgan fingerprint density at radius 1 is 1.08 bits per heavy atom. The Hall–Kier alpha value is -3.05. The van der Waals surface area contributed by atoms with E-state index in [1.165, 1.54) is 17.8 Å². The summed E-state index contributed by atoms with van der Waals surface area (Å²) in [5.41, 5.74) is 0.199. The van der Waals surface area contributed by atoms with E-state index < -0.39 is 17.5 Å². The minimum Gasteiger partial charge on any atom is -0.383 e. The van der Waals surface area contributed by atoms with E-state index in [1.54, 1.807) is 18.3 Å². The quantitative estimate of drug-likeness (QED) is 0.319. The van der Waals surface area contributed by atoms with Gasteiger partial charge in [-0.3, -0.25) is 4.79 Å². The molecule has 3 aromatic rings. The zero-order valence-electron chi connectivity index (χ0n) is 21.7. The molecule has 0 radical (unpaired) electrons. The number of nitrogens with zero attached hydrogens (tertiary/aromatic N) is 3. The minimum atomic E-state index is -4.56. The fourth-order valence-electron chi connectivity index (χ4n) is 5.46. The summed E-state index contributed by atoms with van der Waals surface area (Å²) in [5, 5.41) is 18.1. The SMILES string of the molecule is Cc1cc(Nc2nccc(C(F)(F)F)n2)cc(-c2cnc(C3(O)CCC(NC(=O)C4CCCCC4)CC3)s2)c1. The van der Waals surface area contributed by atoms with Gasteiger partial charge in [0, 0.05) is 30.0 Å². The van der Waals surface area contributed by atoms with Gasteiger partial charge in [-0.25, -0.2) is 15.0 Å². The number of aromatic nitrogens is 3. The lowest BCUT2D eigenvalue weighted by molar-refractivity contribution is -0.141. The summed E-state index contributed by atoms with van der Waals surface area (Å²) in [6, 6.07) is 6.45. The van der Waals surface area contributed by atoms with Crippen molar-refractivity contribution in [3.8, 4) is 10.4 Å². The number of aliphatic hydroxyl groups is 1. The highest BCUT2D eigenvalue weighted by Gasteiger charge is 2.38. The van der Waals surface area contributed by atoms with E-state index in [2.05, 4.69) is 25.6 Å². The number of hydrogen-bond donors (Lipinski definition) is 3. The third-order valence-corrected chi connectivity index (χ3v) is 8.84. The molecule has 208 valence electrons. The van der Waals surface area contributed by atoms with Crippen LogP contribution in [0.4, 0.5) is 24.8 Å². The first-order valence-electron chi connectivity index (χ1n) is 13.4. The number of benzene rings is 1. The van der Waals surface area contributed by atoms with Crippen LogP contribution in [0.2, 0.25) is 0 Å². The maximum Gasteiger partial charge on any atom is 0.433 e. The first-order valence-corrected chi connectivity index (χ1v) is 14.2. The van der Waals surface area contributed by atoms with Crippen LogP contribution in [0.1, 0.15) is 74.1 Å². The van der Waals surface area contributed by atoms with E-state index in [9.17, 15) is 23.1 Å². The van der Waals surface area contributed by atoms with Crippen LogP contribution in [0.3, 0.4) is 0 Å². The van der Waals surface area contributed by atoms with Gasteiger partial charge in [-0.2, -0.15) is 13.2 Å². The van der Waals surface area contributed by atoms with Crippen LogP contribution in [0.15, 0.2) is 36.7 Å². The molecule has 0 aliphatic heterocycles. The number of carbonyl (C=O) groups is 1. The van der Waals surface area contributed by atoms with Gasteiger partial charge in [0.2, 0.25) is 11.9 Å². The number of rotatable bonds is 6. The predicted octanol–water partition coefficient (Wildman–Crippen LogP) is 6.50. The maximum atomic E-state index is 13.0. The molecule has 2 saturated carbocycles. The lowest BCUT2D eigenvalue weighted by Crippen LogP contribution is -2.44. The van der Waals surface area contributed by atoms with Crippen molar-refractivity contribution >= 4 is 28.9 Å². The number of halogens is 3. The lowest BCUT2D eigenvalue weighted by atomic mass is 9.82. The Labute approximate surface area is 229 Å². The van der Waals surface area contributed by atoms with Gasteiger partial charge in [-0.1, -0.05) is 25.3 Å². The van der Waals surface area contributed by atoms with Crippen LogP contribution in [0, 0.1) is 12.8 Å². The van der Waals surface area contributed by atoms with Gasteiger partial charge in [0.05, 0.1) is 4.88 Å². The first kappa shape index (κ1) is 27.5. The number of hydrogen-bond acceptors (Lipinski definition) is 7. The molecule has 5 rings (SSSR count). The molecule has 1 aromatic carbocycles. The highest BCUT2D eigenvalue weighted by molar-refractivity contribution is 7.15. The zero-order valence-corrected chi connectivity index (χ0v) is 22.5. The molecular weight excluding hydrogens is 527 g/mol. The number of anilines is 2. The number of amides is 1. The maximum absolute atomic E-state index is 13.0. The van der Waals surface area contributed by atoms with Crippen molar-refractivity contribution in [3.63, 3.8) is 0 Å². The third-order valence-electron chi connectivity index (χ3n) is 7.60. The smallest absolute Gasteiger partial charge is 0.383 e. The van der Waals surface area contributed by atoms with Crippen LogP contribution in [0.25, 0.3) is 10.4 Å². The molecule has 0 spiro atoms. The summed E-state index contributed by atoms with van der Waals surface area (Å²) in [7, 11) is 0. The Bertz CT molecular complexity index is 1310. The Morgan fingerprint density at radius 2 is 1.82 bits per heavy atom. The summed E-state index contributed by atoms with van der Waals surface area (Å²) in [6.45, 7) is 1.89.